The Morgan fingerprint density at radius 2 is 1.19 bits per heavy atom. The Morgan fingerprint density at radius 1 is 0.654 bits per heavy atom. The van der Waals surface area contributed by atoms with Crippen LogP contribution < -0.4 is 14.2 Å². The second kappa shape index (κ2) is 7.74. The quantitative estimate of drug-likeness (QED) is 0.597. The fourth-order valence-electron chi connectivity index (χ4n) is 2.98. The molecule has 0 unspecified atom stereocenters. The first-order valence-corrected chi connectivity index (χ1v) is 8.16. The minimum Gasteiger partial charge on any atom is -0.497 e. The summed E-state index contributed by atoms with van der Waals surface area (Å²) in [4.78, 5) is 11.9. The third kappa shape index (κ3) is 3.26. The zero-order valence-corrected chi connectivity index (χ0v) is 15.0. The number of methoxy groups -OCH3 is 3. The number of hydrogen-bond donors (Lipinski definition) is 0. The molecule has 0 heterocycles. The molecular formula is C22H20O4. The van der Waals surface area contributed by atoms with Crippen molar-refractivity contribution < 1.29 is 19.0 Å². The third-order valence-electron chi connectivity index (χ3n) is 4.32. The molecule has 132 valence electrons. The molecule has 3 rings (SSSR count). The van der Waals surface area contributed by atoms with E-state index in [4.69, 9.17) is 14.2 Å². The number of ether oxygens (including phenoxy) is 3. The van der Waals surface area contributed by atoms with Crippen molar-refractivity contribution >= 4 is 6.29 Å². The highest BCUT2D eigenvalue weighted by molar-refractivity contribution is 5.98. The van der Waals surface area contributed by atoms with Crippen molar-refractivity contribution in [2.45, 2.75) is 0 Å². The molecule has 0 saturated heterocycles. The summed E-state index contributed by atoms with van der Waals surface area (Å²) in [5, 5.41) is 0. The molecule has 0 fully saturated rings. The van der Waals surface area contributed by atoms with E-state index in [0.29, 0.717) is 11.3 Å². The van der Waals surface area contributed by atoms with Crippen LogP contribution in [0.5, 0.6) is 17.2 Å². The molecule has 4 nitrogen and oxygen atoms in total. The van der Waals surface area contributed by atoms with Gasteiger partial charge in [-0.15, -0.1) is 0 Å². The lowest BCUT2D eigenvalue weighted by molar-refractivity contribution is 0.112. The summed E-state index contributed by atoms with van der Waals surface area (Å²) in [7, 11) is 4.82. The lowest BCUT2D eigenvalue weighted by Gasteiger charge is -2.16. The monoisotopic (exact) mass is 348 g/mol. The van der Waals surface area contributed by atoms with Gasteiger partial charge in [-0.25, -0.2) is 0 Å². The highest BCUT2D eigenvalue weighted by Gasteiger charge is 2.17. The Labute approximate surface area is 153 Å². The Balaban J connectivity index is 2.24. The molecule has 0 saturated carbocycles. The summed E-state index contributed by atoms with van der Waals surface area (Å²) in [6, 6.07) is 19.2. The molecule has 0 aliphatic carbocycles. The summed E-state index contributed by atoms with van der Waals surface area (Å²) in [6.07, 6.45) is 0.839. The lowest BCUT2D eigenvalue weighted by atomic mass is 9.90. The number of rotatable bonds is 6. The van der Waals surface area contributed by atoms with Crippen molar-refractivity contribution in [3.05, 3.63) is 66.2 Å². The molecule has 0 amide bonds. The molecule has 4 heteroatoms. The van der Waals surface area contributed by atoms with Gasteiger partial charge >= 0.3 is 0 Å². The van der Waals surface area contributed by atoms with Crippen LogP contribution in [0.25, 0.3) is 22.3 Å². The van der Waals surface area contributed by atoms with Gasteiger partial charge in [0.15, 0.2) is 6.29 Å². The van der Waals surface area contributed by atoms with Crippen LogP contribution >= 0.6 is 0 Å². The lowest BCUT2D eigenvalue weighted by Crippen LogP contribution is -1.97. The molecule has 0 aromatic heterocycles. The highest BCUT2D eigenvalue weighted by Crippen LogP contribution is 2.39. The van der Waals surface area contributed by atoms with Gasteiger partial charge in [0.2, 0.25) is 0 Å². The zero-order chi connectivity index (χ0) is 18.5. The van der Waals surface area contributed by atoms with Crippen molar-refractivity contribution in [1.29, 1.82) is 0 Å². The van der Waals surface area contributed by atoms with Gasteiger partial charge in [-0.05, 0) is 47.0 Å². The second-order valence-electron chi connectivity index (χ2n) is 5.68. The fourth-order valence-corrected chi connectivity index (χ4v) is 2.98. The van der Waals surface area contributed by atoms with Gasteiger partial charge in [-0.2, -0.15) is 0 Å². The Kier molecular flexibility index (Phi) is 5.23. The van der Waals surface area contributed by atoms with E-state index >= 15 is 0 Å². The van der Waals surface area contributed by atoms with Crippen molar-refractivity contribution in [1.82, 2.24) is 0 Å². The fraction of sp³-hybridized carbons (Fsp3) is 0.136. The molecule has 3 aromatic carbocycles. The van der Waals surface area contributed by atoms with E-state index in [1.807, 2.05) is 60.7 Å². The molecule has 0 N–H and O–H groups in total. The zero-order valence-electron chi connectivity index (χ0n) is 15.0. The van der Waals surface area contributed by atoms with Crippen molar-refractivity contribution in [2.75, 3.05) is 21.3 Å². The molecule has 0 aliphatic rings. The molecule has 0 bridgehead atoms. The van der Waals surface area contributed by atoms with Crippen LogP contribution in [-0.2, 0) is 0 Å². The van der Waals surface area contributed by atoms with Crippen LogP contribution in [-0.4, -0.2) is 27.6 Å². The van der Waals surface area contributed by atoms with Crippen molar-refractivity contribution in [2.24, 2.45) is 0 Å². The standard InChI is InChI=1S/C22H20O4/c1-24-17-8-4-15(5-9-17)19-12-13-21(26-3)20(14-23)22(19)16-6-10-18(25-2)11-7-16/h4-14H,1-3H3. The van der Waals surface area contributed by atoms with Crippen LogP contribution in [0.3, 0.4) is 0 Å². The molecule has 0 atom stereocenters. The first kappa shape index (κ1) is 17.5. The van der Waals surface area contributed by atoms with Crippen LogP contribution in [0.1, 0.15) is 10.4 Å². The van der Waals surface area contributed by atoms with Gasteiger partial charge in [-0.1, -0.05) is 30.3 Å². The van der Waals surface area contributed by atoms with E-state index < -0.39 is 0 Å². The summed E-state index contributed by atoms with van der Waals surface area (Å²) >= 11 is 0. The van der Waals surface area contributed by atoms with Gasteiger partial charge in [0, 0.05) is 5.56 Å². The number of benzene rings is 3. The minimum atomic E-state index is 0.519. The number of aldehydes is 1. The van der Waals surface area contributed by atoms with Crippen LogP contribution in [0.4, 0.5) is 0 Å². The van der Waals surface area contributed by atoms with Gasteiger partial charge in [0.1, 0.15) is 17.2 Å². The van der Waals surface area contributed by atoms with Crippen LogP contribution in [0.15, 0.2) is 60.7 Å². The number of hydrogen-bond acceptors (Lipinski definition) is 4. The average Bonchev–Trinajstić information content (AvgIpc) is 2.72. The maximum Gasteiger partial charge on any atom is 0.154 e. The maximum absolute atomic E-state index is 11.9. The third-order valence-corrected chi connectivity index (χ3v) is 4.32. The van der Waals surface area contributed by atoms with Gasteiger partial charge in [0.25, 0.3) is 0 Å². The van der Waals surface area contributed by atoms with Crippen molar-refractivity contribution in [3.63, 3.8) is 0 Å². The predicted octanol–water partition coefficient (Wildman–Crippen LogP) is 4.86. The predicted molar refractivity (Wildman–Crippen MR) is 102 cm³/mol. The van der Waals surface area contributed by atoms with Crippen LogP contribution in [0, 0.1) is 0 Å². The minimum absolute atomic E-state index is 0.519. The first-order chi connectivity index (χ1) is 12.7. The molecular weight excluding hydrogens is 328 g/mol. The van der Waals surface area contributed by atoms with Gasteiger partial charge in [0.05, 0.1) is 26.9 Å². The topological polar surface area (TPSA) is 44.8 Å². The smallest absolute Gasteiger partial charge is 0.154 e. The summed E-state index contributed by atoms with van der Waals surface area (Å²) in [5.41, 5.74) is 4.19. The summed E-state index contributed by atoms with van der Waals surface area (Å²) < 4.78 is 15.9. The molecule has 26 heavy (non-hydrogen) atoms. The highest BCUT2D eigenvalue weighted by atomic mass is 16.5. The van der Waals surface area contributed by atoms with Gasteiger partial charge < -0.3 is 14.2 Å². The normalized spacial score (nSPS) is 10.3. The molecule has 0 aliphatic heterocycles. The molecule has 0 spiro atoms. The van der Waals surface area contributed by atoms with Crippen LogP contribution in [0.2, 0.25) is 0 Å². The Morgan fingerprint density at radius 3 is 1.65 bits per heavy atom. The number of carbonyl (C=O) groups is 1. The molecule has 0 radical (unpaired) electrons. The summed E-state index contributed by atoms with van der Waals surface area (Å²) in [6.45, 7) is 0. The Hall–Kier alpha value is -3.27. The Bertz CT molecular complexity index is 897. The van der Waals surface area contributed by atoms with E-state index in [0.717, 1.165) is 40.0 Å². The second-order valence-corrected chi connectivity index (χ2v) is 5.68. The van der Waals surface area contributed by atoms with E-state index in [9.17, 15) is 4.79 Å². The van der Waals surface area contributed by atoms with Gasteiger partial charge in [-0.3, -0.25) is 4.79 Å². The van der Waals surface area contributed by atoms with E-state index in [-0.39, 0.29) is 0 Å². The van der Waals surface area contributed by atoms with E-state index in [2.05, 4.69) is 0 Å². The van der Waals surface area contributed by atoms with E-state index in [1.165, 1.54) is 0 Å². The largest absolute Gasteiger partial charge is 0.497 e. The molecule has 3 aromatic rings. The van der Waals surface area contributed by atoms with E-state index in [1.54, 1.807) is 21.3 Å². The first-order valence-electron chi connectivity index (χ1n) is 8.16. The average molecular weight is 348 g/mol. The SMILES string of the molecule is COc1ccc(-c2ccc(OC)c(C=O)c2-c2ccc(OC)cc2)cc1. The maximum atomic E-state index is 11.9. The summed E-state index contributed by atoms with van der Waals surface area (Å²) in [5.74, 6) is 2.09. The van der Waals surface area contributed by atoms with Crippen molar-refractivity contribution in [3.8, 4) is 39.5 Å². The number of carbonyl (C=O) groups excluding carboxylic acids is 1.